The van der Waals surface area contributed by atoms with Crippen molar-refractivity contribution in [3.8, 4) is 0 Å². The van der Waals surface area contributed by atoms with Crippen LogP contribution in [0.1, 0.15) is 26.2 Å². The van der Waals surface area contributed by atoms with Crippen molar-refractivity contribution in [1.82, 2.24) is 9.80 Å². The Morgan fingerprint density at radius 2 is 2.04 bits per heavy atom. The van der Waals surface area contributed by atoms with Crippen molar-refractivity contribution in [2.24, 2.45) is 5.92 Å². The molecule has 0 bridgehead atoms. The second-order valence-corrected chi connectivity index (χ2v) is 6.76. The maximum Gasteiger partial charge on any atom is 0.328 e. The third kappa shape index (κ3) is 2.62. The molecule has 1 aromatic carbocycles. The van der Waals surface area contributed by atoms with Crippen molar-refractivity contribution in [2.75, 3.05) is 5.32 Å². The fourth-order valence-electron chi connectivity index (χ4n) is 3.86. The van der Waals surface area contributed by atoms with E-state index in [4.69, 9.17) is 0 Å². The normalized spacial score (nSPS) is 24.5. The van der Waals surface area contributed by atoms with Gasteiger partial charge in [-0.1, -0.05) is 31.2 Å². The van der Waals surface area contributed by atoms with E-state index >= 15 is 0 Å². The number of fused-ring (bicyclic) bond motifs is 2. The molecule has 1 N–H and O–H groups in total. The Labute approximate surface area is 151 Å². The smallest absolute Gasteiger partial charge is 0.327 e. The Kier molecular flexibility index (Phi) is 4.11. The first-order valence-electron chi connectivity index (χ1n) is 8.82. The standard InChI is InChI=1S/C20H20FN3O2/c1-13-7-4-5-12-23-16-10-6-11-17(25)18(16)24(19(13)23)20(26)22-15-9-3-2-8-14(15)21/h2-5,7-9,12-13,19H,6,10-11H2,1H3,(H,22,26). The van der Waals surface area contributed by atoms with Crippen LogP contribution in [0.3, 0.4) is 0 Å². The molecule has 0 saturated heterocycles. The number of hydrogen-bond donors (Lipinski definition) is 1. The van der Waals surface area contributed by atoms with Crippen molar-refractivity contribution in [1.29, 1.82) is 0 Å². The summed E-state index contributed by atoms with van der Waals surface area (Å²) in [6, 6.07) is 5.54. The summed E-state index contributed by atoms with van der Waals surface area (Å²) in [6.07, 6.45) is 9.40. The lowest BCUT2D eigenvalue weighted by atomic mass is 10.00. The van der Waals surface area contributed by atoms with E-state index in [0.717, 1.165) is 18.5 Å². The number of nitrogens with zero attached hydrogens (tertiary/aromatic N) is 2. The Morgan fingerprint density at radius 3 is 2.85 bits per heavy atom. The van der Waals surface area contributed by atoms with Crippen LogP contribution in [0.2, 0.25) is 0 Å². The Bertz CT molecular complexity index is 858. The summed E-state index contributed by atoms with van der Waals surface area (Å²) in [4.78, 5) is 29.2. The first-order chi connectivity index (χ1) is 12.6. The molecule has 2 aliphatic heterocycles. The summed E-state index contributed by atoms with van der Waals surface area (Å²) in [6.45, 7) is 2.01. The van der Waals surface area contributed by atoms with Gasteiger partial charge < -0.3 is 10.2 Å². The topological polar surface area (TPSA) is 52.7 Å². The fourth-order valence-corrected chi connectivity index (χ4v) is 3.86. The molecule has 26 heavy (non-hydrogen) atoms. The Hall–Kier alpha value is -2.89. The molecule has 2 amide bonds. The molecule has 134 valence electrons. The first-order valence-corrected chi connectivity index (χ1v) is 8.82. The quantitative estimate of drug-likeness (QED) is 0.831. The largest absolute Gasteiger partial charge is 0.328 e. The lowest BCUT2D eigenvalue weighted by Crippen LogP contribution is -2.47. The molecular weight excluding hydrogens is 333 g/mol. The summed E-state index contributed by atoms with van der Waals surface area (Å²) in [5.41, 5.74) is 1.43. The lowest BCUT2D eigenvalue weighted by Gasteiger charge is -2.33. The van der Waals surface area contributed by atoms with E-state index in [1.807, 2.05) is 36.3 Å². The van der Waals surface area contributed by atoms with Gasteiger partial charge in [0.2, 0.25) is 0 Å². The van der Waals surface area contributed by atoms with E-state index in [1.165, 1.54) is 17.0 Å². The number of carbonyl (C=O) groups is 2. The summed E-state index contributed by atoms with van der Waals surface area (Å²) in [7, 11) is 0. The highest BCUT2D eigenvalue weighted by molar-refractivity contribution is 6.03. The molecule has 0 saturated carbocycles. The van der Waals surface area contributed by atoms with Crippen LogP contribution in [0.5, 0.6) is 0 Å². The average molecular weight is 353 g/mol. The number of anilines is 1. The number of para-hydroxylation sites is 1. The number of benzene rings is 1. The van der Waals surface area contributed by atoms with Gasteiger partial charge in [0.05, 0.1) is 5.69 Å². The molecule has 2 unspecified atom stereocenters. The number of ketones is 1. The zero-order chi connectivity index (χ0) is 18.3. The van der Waals surface area contributed by atoms with Crippen LogP contribution in [0.25, 0.3) is 0 Å². The van der Waals surface area contributed by atoms with Gasteiger partial charge in [0, 0.05) is 24.2 Å². The second-order valence-electron chi connectivity index (χ2n) is 6.76. The number of amides is 2. The molecule has 4 rings (SSSR count). The minimum atomic E-state index is -0.505. The maximum absolute atomic E-state index is 14.0. The molecule has 0 radical (unpaired) electrons. The summed E-state index contributed by atoms with van der Waals surface area (Å²) in [5, 5.41) is 2.63. The molecule has 5 nitrogen and oxygen atoms in total. The van der Waals surface area contributed by atoms with Crippen molar-refractivity contribution < 1.29 is 14.0 Å². The number of carbonyl (C=O) groups excluding carboxylic acids is 2. The highest BCUT2D eigenvalue weighted by Gasteiger charge is 2.46. The number of hydrogen-bond acceptors (Lipinski definition) is 3. The predicted molar refractivity (Wildman–Crippen MR) is 96.2 cm³/mol. The summed E-state index contributed by atoms with van der Waals surface area (Å²) < 4.78 is 14.0. The summed E-state index contributed by atoms with van der Waals surface area (Å²) in [5.74, 6) is -0.530. The molecule has 1 aliphatic carbocycles. The number of halogens is 1. The highest BCUT2D eigenvalue weighted by Crippen LogP contribution is 2.41. The average Bonchev–Trinajstić information content (AvgIpc) is 2.85. The number of urea groups is 1. The Morgan fingerprint density at radius 1 is 1.23 bits per heavy atom. The minimum absolute atomic E-state index is 0.00905. The number of allylic oxidation sites excluding steroid dienone is 4. The molecule has 0 aromatic heterocycles. The molecule has 2 atom stereocenters. The van der Waals surface area contributed by atoms with E-state index in [1.54, 1.807) is 12.1 Å². The monoisotopic (exact) mass is 353 g/mol. The van der Waals surface area contributed by atoms with Crippen molar-refractivity contribution in [3.05, 3.63) is 65.9 Å². The van der Waals surface area contributed by atoms with Crippen LogP contribution < -0.4 is 5.32 Å². The molecule has 0 fully saturated rings. The van der Waals surface area contributed by atoms with Gasteiger partial charge in [-0.25, -0.2) is 9.18 Å². The zero-order valence-corrected chi connectivity index (χ0v) is 14.5. The van der Waals surface area contributed by atoms with Gasteiger partial charge in [-0.2, -0.15) is 0 Å². The third-order valence-electron chi connectivity index (χ3n) is 5.03. The molecule has 1 aromatic rings. The van der Waals surface area contributed by atoms with Crippen LogP contribution in [-0.4, -0.2) is 27.8 Å². The predicted octanol–water partition coefficient (Wildman–Crippen LogP) is 3.99. The molecular formula is C20H20FN3O2. The molecule has 6 heteroatoms. The van der Waals surface area contributed by atoms with Crippen molar-refractivity contribution in [2.45, 2.75) is 32.4 Å². The minimum Gasteiger partial charge on any atom is -0.327 e. The lowest BCUT2D eigenvalue weighted by molar-refractivity contribution is -0.117. The van der Waals surface area contributed by atoms with Gasteiger partial charge in [-0.3, -0.25) is 9.69 Å². The van der Waals surface area contributed by atoms with Gasteiger partial charge >= 0.3 is 6.03 Å². The van der Waals surface area contributed by atoms with E-state index in [9.17, 15) is 14.0 Å². The van der Waals surface area contributed by atoms with E-state index in [-0.39, 0.29) is 23.6 Å². The van der Waals surface area contributed by atoms with E-state index in [0.29, 0.717) is 12.1 Å². The van der Waals surface area contributed by atoms with Gasteiger partial charge in [0.25, 0.3) is 0 Å². The van der Waals surface area contributed by atoms with E-state index < -0.39 is 11.8 Å². The molecule has 3 aliphatic rings. The highest BCUT2D eigenvalue weighted by atomic mass is 19.1. The van der Waals surface area contributed by atoms with Gasteiger partial charge in [0.15, 0.2) is 5.78 Å². The number of nitrogens with one attached hydrogen (secondary N) is 1. The second kappa shape index (κ2) is 6.44. The van der Waals surface area contributed by atoms with Crippen molar-refractivity contribution >= 4 is 17.5 Å². The fraction of sp³-hybridized carbons (Fsp3) is 0.300. The van der Waals surface area contributed by atoms with E-state index in [2.05, 4.69) is 5.32 Å². The molecule has 0 spiro atoms. The maximum atomic E-state index is 14.0. The van der Waals surface area contributed by atoms with Crippen LogP contribution in [0, 0.1) is 11.7 Å². The van der Waals surface area contributed by atoms with Gasteiger partial charge in [-0.15, -0.1) is 0 Å². The third-order valence-corrected chi connectivity index (χ3v) is 5.03. The van der Waals surface area contributed by atoms with Crippen LogP contribution in [0.4, 0.5) is 14.9 Å². The van der Waals surface area contributed by atoms with Crippen LogP contribution >= 0.6 is 0 Å². The first kappa shape index (κ1) is 16.6. The van der Waals surface area contributed by atoms with Crippen LogP contribution in [-0.2, 0) is 4.79 Å². The Balaban J connectivity index is 1.74. The van der Waals surface area contributed by atoms with Crippen molar-refractivity contribution in [3.63, 3.8) is 0 Å². The number of rotatable bonds is 1. The SMILES string of the molecule is CC1C=CC=CN2C3=C(C(=O)CCC3)N(C(=O)Nc3ccccc3F)C12. The number of Topliss-reactive ketones (excluding diaryl/α,β-unsaturated/α-hetero) is 1. The van der Waals surface area contributed by atoms with Crippen LogP contribution in [0.15, 0.2) is 60.1 Å². The molecule has 2 heterocycles. The summed E-state index contributed by atoms with van der Waals surface area (Å²) >= 11 is 0. The zero-order valence-electron chi connectivity index (χ0n) is 14.5. The van der Waals surface area contributed by atoms with Gasteiger partial charge in [-0.05, 0) is 31.1 Å². The van der Waals surface area contributed by atoms with Gasteiger partial charge in [0.1, 0.15) is 17.7 Å².